The maximum Gasteiger partial charge on any atom is 0.138 e. The lowest BCUT2D eigenvalue weighted by Crippen LogP contribution is -2.22. The van der Waals surface area contributed by atoms with Gasteiger partial charge >= 0.3 is 0 Å². The number of aliphatic hydroxyl groups is 4. The fourth-order valence-corrected chi connectivity index (χ4v) is 3.28. The monoisotopic (exact) mass is 436 g/mol. The van der Waals surface area contributed by atoms with E-state index in [0.717, 1.165) is 16.7 Å². The van der Waals surface area contributed by atoms with Crippen LogP contribution in [0.15, 0.2) is 60.9 Å². The van der Waals surface area contributed by atoms with Crippen LogP contribution in [0.2, 0.25) is 0 Å². The summed E-state index contributed by atoms with van der Waals surface area (Å²) in [6.45, 7) is 1.24. The number of aliphatic hydroxyl groups excluding tert-OH is 4. The van der Waals surface area contributed by atoms with Crippen molar-refractivity contribution in [2.75, 3.05) is 19.8 Å². The molecule has 0 saturated heterocycles. The highest BCUT2D eigenvalue weighted by Crippen LogP contribution is 2.24. The van der Waals surface area contributed by atoms with E-state index in [1.54, 1.807) is 23.9 Å². The van der Waals surface area contributed by atoms with E-state index in [9.17, 15) is 15.3 Å². The normalized spacial score (nSPS) is 13.7. The van der Waals surface area contributed by atoms with Crippen molar-refractivity contribution in [3.63, 3.8) is 0 Å². The Morgan fingerprint density at radius 3 is 2.19 bits per heavy atom. The highest BCUT2D eigenvalue weighted by atomic mass is 16.5. The van der Waals surface area contributed by atoms with Crippen molar-refractivity contribution < 1.29 is 25.2 Å². The molecule has 7 nitrogen and oxygen atoms in total. The summed E-state index contributed by atoms with van der Waals surface area (Å²) in [5.74, 6) is 7.21. The number of aromatic nitrogens is 2. The first-order valence-electron chi connectivity index (χ1n) is 10.5. The zero-order valence-corrected chi connectivity index (χ0v) is 17.9. The minimum absolute atomic E-state index is 0.0400. The third kappa shape index (κ3) is 5.96. The fraction of sp³-hybridized carbons (Fsp3) is 0.320. The SMILES string of the molecule is C[C@H](O)c1nccn1[C@@H](C#Cc1ccc(-c2ccc(OC(CO)CCO)cc2)cc1)CO. The molecule has 0 spiro atoms. The van der Waals surface area contributed by atoms with Gasteiger partial charge < -0.3 is 29.7 Å². The molecule has 1 unspecified atom stereocenters. The van der Waals surface area contributed by atoms with Gasteiger partial charge in [0.15, 0.2) is 0 Å². The third-order valence-electron chi connectivity index (χ3n) is 4.99. The van der Waals surface area contributed by atoms with Crippen LogP contribution in [0, 0.1) is 11.8 Å². The van der Waals surface area contributed by atoms with E-state index in [1.807, 2.05) is 48.5 Å². The highest BCUT2D eigenvalue weighted by molar-refractivity contribution is 5.65. The standard InChI is InChI=1S/C25H28N2O5/c1-18(31)25-26-13-14-27(25)22(16-29)9-4-19-2-5-20(6-3-19)21-7-10-23(11-8-21)32-24(17-30)12-15-28/h2-3,5-8,10-11,13-14,18,22,24,28-31H,12,15-17H2,1H3/t18-,22-,24?/m0/s1. The lowest BCUT2D eigenvalue weighted by Gasteiger charge is -2.16. The Kier molecular flexibility index (Phi) is 8.42. The van der Waals surface area contributed by atoms with Crippen molar-refractivity contribution in [1.82, 2.24) is 9.55 Å². The van der Waals surface area contributed by atoms with E-state index >= 15 is 0 Å². The molecule has 4 N–H and O–H groups in total. The van der Waals surface area contributed by atoms with E-state index < -0.39 is 18.2 Å². The van der Waals surface area contributed by atoms with Gasteiger partial charge in [-0.1, -0.05) is 36.1 Å². The molecule has 1 aromatic heterocycles. The quantitative estimate of drug-likeness (QED) is 0.384. The predicted octanol–water partition coefficient (Wildman–Crippen LogP) is 2.31. The Morgan fingerprint density at radius 2 is 1.62 bits per heavy atom. The molecule has 0 aliphatic carbocycles. The lowest BCUT2D eigenvalue weighted by molar-refractivity contribution is 0.0906. The van der Waals surface area contributed by atoms with Crippen molar-refractivity contribution in [1.29, 1.82) is 0 Å². The largest absolute Gasteiger partial charge is 0.488 e. The van der Waals surface area contributed by atoms with Crippen molar-refractivity contribution in [2.24, 2.45) is 0 Å². The van der Waals surface area contributed by atoms with E-state index in [0.29, 0.717) is 18.0 Å². The van der Waals surface area contributed by atoms with Crippen LogP contribution in [0.1, 0.15) is 36.9 Å². The van der Waals surface area contributed by atoms with Crippen LogP contribution in [0.4, 0.5) is 0 Å². The minimum Gasteiger partial charge on any atom is -0.488 e. The molecular formula is C25H28N2O5. The summed E-state index contributed by atoms with van der Waals surface area (Å²) in [4.78, 5) is 4.12. The van der Waals surface area contributed by atoms with Crippen LogP contribution in [-0.4, -0.2) is 55.9 Å². The van der Waals surface area contributed by atoms with Gasteiger partial charge in [0, 0.05) is 31.0 Å². The van der Waals surface area contributed by atoms with Gasteiger partial charge in [-0.3, -0.25) is 0 Å². The molecule has 3 rings (SSSR count). The molecular weight excluding hydrogens is 408 g/mol. The first-order chi connectivity index (χ1) is 15.5. The van der Waals surface area contributed by atoms with Gasteiger partial charge in [0.25, 0.3) is 0 Å². The molecule has 0 fully saturated rings. The highest BCUT2D eigenvalue weighted by Gasteiger charge is 2.14. The summed E-state index contributed by atoms with van der Waals surface area (Å²) in [6, 6.07) is 14.8. The Hall–Kier alpha value is -3.15. The molecule has 1 heterocycles. The number of nitrogens with zero attached hydrogens (tertiary/aromatic N) is 2. The number of ether oxygens (including phenoxy) is 1. The summed E-state index contributed by atoms with van der Waals surface area (Å²) < 4.78 is 7.34. The zero-order valence-electron chi connectivity index (χ0n) is 17.9. The second-order valence-corrected chi connectivity index (χ2v) is 7.37. The Morgan fingerprint density at radius 1 is 0.969 bits per heavy atom. The summed E-state index contributed by atoms with van der Waals surface area (Å²) >= 11 is 0. The molecule has 0 amide bonds. The molecule has 3 aromatic rings. The van der Waals surface area contributed by atoms with Crippen molar-refractivity contribution in [3.05, 3.63) is 72.3 Å². The first kappa shape index (κ1) is 23.5. The van der Waals surface area contributed by atoms with E-state index in [-0.39, 0.29) is 19.8 Å². The van der Waals surface area contributed by atoms with Crippen molar-refractivity contribution in [3.8, 4) is 28.7 Å². The zero-order chi connectivity index (χ0) is 22.9. The second kappa shape index (κ2) is 11.5. The summed E-state index contributed by atoms with van der Waals surface area (Å²) in [6.07, 6.45) is 2.47. The molecule has 2 aromatic carbocycles. The molecule has 0 saturated carbocycles. The summed E-state index contributed by atoms with van der Waals surface area (Å²) in [5.41, 5.74) is 2.83. The molecule has 0 radical (unpaired) electrons. The maximum absolute atomic E-state index is 9.82. The number of rotatable bonds is 9. The molecule has 3 atom stereocenters. The van der Waals surface area contributed by atoms with Gasteiger partial charge in [-0.05, 0) is 42.3 Å². The molecule has 0 aliphatic heterocycles. The van der Waals surface area contributed by atoms with E-state index in [4.69, 9.17) is 9.84 Å². The average molecular weight is 437 g/mol. The number of imidazole rings is 1. The minimum atomic E-state index is -0.749. The first-order valence-corrected chi connectivity index (χ1v) is 10.5. The van der Waals surface area contributed by atoms with Gasteiger partial charge in [-0.15, -0.1) is 0 Å². The Bertz CT molecular complexity index is 1030. The molecule has 0 aliphatic rings. The maximum atomic E-state index is 9.82. The van der Waals surface area contributed by atoms with Gasteiger partial charge in [0.2, 0.25) is 0 Å². The van der Waals surface area contributed by atoms with Crippen LogP contribution >= 0.6 is 0 Å². The third-order valence-corrected chi connectivity index (χ3v) is 4.99. The number of benzene rings is 2. The number of hydrogen-bond acceptors (Lipinski definition) is 6. The number of hydrogen-bond donors (Lipinski definition) is 4. The van der Waals surface area contributed by atoms with Crippen LogP contribution in [0.25, 0.3) is 11.1 Å². The van der Waals surface area contributed by atoms with Gasteiger partial charge in [-0.25, -0.2) is 4.98 Å². The second-order valence-electron chi connectivity index (χ2n) is 7.37. The van der Waals surface area contributed by atoms with Crippen molar-refractivity contribution in [2.45, 2.75) is 31.6 Å². The van der Waals surface area contributed by atoms with Crippen LogP contribution in [0.5, 0.6) is 5.75 Å². The smallest absolute Gasteiger partial charge is 0.138 e. The predicted molar refractivity (Wildman–Crippen MR) is 121 cm³/mol. The summed E-state index contributed by atoms with van der Waals surface area (Å²) in [5, 5.41) is 37.8. The Labute approximate surface area is 187 Å². The molecule has 7 heteroatoms. The van der Waals surface area contributed by atoms with E-state index in [2.05, 4.69) is 16.8 Å². The van der Waals surface area contributed by atoms with Crippen LogP contribution < -0.4 is 4.74 Å². The van der Waals surface area contributed by atoms with Crippen LogP contribution in [-0.2, 0) is 0 Å². The Balaban J connectivity index is 1.70. The molecule has 168 valence electrons. The topological polar surface area (TPSA) is 108 Å². The fourth-order valence-electron chi connectivity index (χ4n) is 3.28. The lowest BCUT2D eigenvalue weighted by atomic mass is 10.0. The van der Waals surface area contributed by atoms with Crippen molar-refractivity contribution >= 4 is 0 Å². The van der Waals surface area contributed by atoms with Crippen LogP contribution in [0.3, 0.4) is 0 Å². The van der Waals surface area contributed by atoms with Gasteiger partial charge in [-0.2, -0.15) is 0 Å². The van der Waals surface area contributed by atoms with E-state index in [1.165, 1.54) is 0 Å². The van der Waals surface area contributed by atoms with Gasteiger partial charge in [0.05, 0.1) is 13.2 Å². The van der Waals surface area contributed by atoms with Gasteiger partial charge in [0.1, 0.15) is 29.8 Å². The average Bonchev–Trinajstić information content (AvgIpc) is 3.30. The summed E-state index contributed by atoms with van der Waals surface area (Å²) in [7, 11) is 0. The molecule has 0 bridgehead atoms. The molecule has 32 heavy (non-hydrogen) atoms.